The van der Waals surface area contributed by atoms with Crippen LogP contribution in [0.5, 0.6) is 5.75 Å². The summed E-state index contributed by atoms with van der Waals surface area (Å²) in [6.07, 6.45) is 9.71. The molecule has 4 aliphatic rings. The lowest BCUT2D eigenvalue weighted by Gasteiger charge is -2.35. The SMILES string of the molecule is C=C1CCC(N2Cc3cc(O[C@@H]4CCCC[C@@H]4N[C@@H]4CCC[C@H]4OC)ccc3C2=O)C(=O)N1. The van der Waals surface area contributed by atoms with Gasteiger partial charge in [0.1, 0.15) is 17.9 Å². The third kappa shape index (κ3) is 4.53. The van der Waals surface area contributed by atoms with Crippen molar-refractivity contribution in [2.24, 2.45) is 0 Å². The minimum Gasteiger partial charge on any atom is -0.489 e. The predicted octanol–water partition coefficient (Wildman–Crippen LogP) is 3.28. The van der Waals surface area contributed by atoms with Gasteiger partial charge in [0.25, 0.3) is 5.91 Å². The Morgan fingerprint density at radius 1 is 1.03 bits per heavy atom. The molecule has 5 atom stereocenters. The van der Waals surface area contributed by atoms with Gasteiger partial charge in [-0.2, -0.15) is 0 Å². The molecular weight excluding hydrogens is 418 g/mol. The molecule has 2 heterocycles. The maximum Gasteiger partial charge on any atom is 0.255 e. The number of nitrogens with zero attached hydrogens (tertiary/aromatic N) is 1. The lowest BCUT2D eigenvalue weighted by Crippen LogP contribution is -2.51. The largest absolute Gasteiger partial charge is 0.489 e. The molecule has 1 saturated heterocycles. The lowest BCUT2D eigenvalue weighted by atomic mass is 9.91. The van der Waals surface area contributed by atoms with Crippen LogP contribution < -0.4 is 15.4 Å². The quantitative estimate of drug-likeness (QED) is 0.691. The maximum absolute atomic E-state index is 13.0. The minimum absolute atomic E-state index is 0.0757. The van der Waals surface area contributed by atoms with Crippen molar-refractivity contribution in [3.63, 3.8) is 0 Å². The lowest BCUT2D eigenvalue weighted by molar-refractivity contribution is -0.126. The molecule has 2 aliphatic heterocycles. The molecule has 3 fully saturated rings. The van der Waals surface area contributed by atoms with Gasteiger partial charge in [-0.3, -0.25) is 9.59 Å². The second-order valence-electron chi connectivity index (χ2n) is 9.92. The van der Waals surface area contributed by atoms with Crippen LogP contribution in [0.4, 0.5) is 0 Å². The fraction of sp³-hybridized carbons (Fsp3) is 0.615. The van der Waals surface area contributed by atoms with Crippen LogP contribution in [0.2, 0.25) is 0 Å². The number of ether oxygens (including phenoxy) is 2. The highest BCUT2D eigenvalue weighted by atomic mass is 16.5. The number of carbonyl (C=O) groups is 2. The van der Waals surface area contributed by atoms with E-state index >= 15 is 0 Å². The van der Waals surface area contributed by atoms with Crippen LogP contribution in [0.25, 0.3) is 0 Å². The van der Waals surface area contributed by atoms with Crippen LogP contribution in [0, 0.1) is 0 Å². The molecule has 2 aliphatic carbocycles. The first-order valence-electron chi connectivity index (χ1n) is 12.4. The third-order valence-electron chi connectivity index (χ3n) is 7.78. The molecule has 7 nitrogen and oxygen atoms in total. The van der Waals surface area contributed by atoms with E-state index in [1.807, 2.05) is 25.3 Å². The van der Waals surface area contributed by atoms with Gasteiger partial charge in [0.2, 0.25) is 5.91 Å². The topological polar surface area (TPSA) is 79.9 Å². The molecule has 2 N–H and O–H groups in total. The van der Waals surface area contributed by atoms with E-state index in [9.17, 15) is 9.59 Å². The van der Waals surface area contributed by atoms with Gasteiger partial charge in [-0.05, 0) is 75.1 Å². The number of benzene rings is 1. The van der Waals surface area contributed by atoms with E-state index in [0.717, 1.165) is 42.7 Å². The van der Waals surface area contributed by atoms with Gasteiger partial charge < -0.3 is 25.0 Å². The minimum atomic E-state index is -0.438. The highest BCUT2D eigenvalue weighted by molar-refractivity contribution is 6.01. The number of piperidine rings is 1. The number of fused-ring (bicyclic) bond motifs is 1. The van der Waals surface area contributed by atoms with E-state index in [4.69, 9.17) is 9.47 Å². The molecule has 1 unspecified atom stereocenters. The van der Waals surface area contributed by atoms with Crippen molar-refractivity contribution in [3.05, 3.63) is 41.6 Å². The van der Waals surface area contributed by atoms with Crippen LogP contribution in [0.15, 0.2) is 30.5 Å². The molecule has 33 heavy (non-hydrogen) atoms. The Balaban J connectivity index is 1.26. The van der Waals surface area contributed by atoms with E-state index < -0.39 is 6.04 Å². The van der Waals surface area contributed by atoms with E-state index in [0.29, 0.717) is 43.1 Å². The van der Waals surface area contributed by atoms with Crippen LogP contribution in [0.3, 0.4) is 0 Å². The number of rotatable bonds is 6. The number of methoxy groups -OCH3 is 1. The Bertz CT molecular complexity index is 932. The number of carbonyl (C=O) groups excluding carboxylic acids is 2. The van der Waals surface area contributed by atoms with Crippen LogP contribution >= 0.6 is 0 Å². The molecule has 7 heteroatoms. The maximum atomic E-state index is 13.0. The number of amides is 2. The fourth-order valence-corrected chi connectivity index (χ4v) is 5.98. The molecule has 0 aromatic heterocycles. The van der Waals surface area contributed by atoms with Gasteiger partial charge in [-0.15, -0.1) is 0 Å². The van der Waals surface area contributed by atoms with Crippen molar-refractivity contribution in [3.8, 4) is 5.75 Å². The summed E-state index contributed by atoms with van der Waals surface area (Å²) in [5, 5.41) is 6.64. The number of hydrogen-bond donors (Lipinski definition) is 2. The van der Waals surface area contributed by atoms with Crippen LogP contribution in [-0.4, -0.2) is 54.2 Å². The highest BCUT2D eigenvalue weighted by Crippen LogP contribution is 2.33. The first-order chi connectivity index (χ1) is 16.0. The summed E-state index contributed by atoms with van der Waals surface area (Å²) in [5.74, 6) is 0.591. The second-order valence-corrected chi connectivity index (χ2v) is 9.92. The summed E-state index contributed by atoms with van der Waals surface area (Å²) in [5.41, 5.74) is 2.33. The van der Waals surface area contributed by atoms with E-state index in [-0.39, 0.29) is 17.9 Å². The predicted molar refractivity (Wildman–Crippen MR) is 125 cm³/mol. The Morgan fingerprint density at radius 2 is 1.79 bits per heavy atom. The first-order valence-corrected chi connectivity index (χ1v) is 12.4. The zero-order valence-electron chi connectivity index (χ0n) is 19.5. The Kier molecular flexibility index (Phi) is 6.43. The standard InChI is InChI=1S/C26H35N3O4/c1-16-10-13-22(25(30)27-16)29-15-17-14-18(11-12-19(17)26(29)31)33-24-8-4-3-6-21(24)28-20-7-5-9-23(20)32-2/h11-12,14,20-24,28H,1,3-10,13,15H2,2H3,(H,27,30)/t20-,21+,22?,23-,24-/m1/s1. The van der Waals surface area contributed by atoms with Gasteiger partial charge in [0.15, 0.2) is 0 Å². The smallest absolute Gasteiger partial charge is 0.255 e. The zero-order valence-corrected chi connectivity index (χ0v) is 19.5. The normalized spacial score (nSPS) is 32.1. The number of hydrogen-bond acceptors (Lipinski definition) is 5. The summed E-state index contributed by atoms with van der Waals surface area (Å²) >= 11 is 0. The summed E-state index contributed by atoms with van der Waals surface area (Å²) in [6, 6.07) is 6.02. The van der Waals surface area contributed by atoms with E-state index in [1.54, 1.807) is 4.90 Å². The zero-order chi connectivity index (χ0) is 22.9. The second kappa shape index (κ2) is 9.47. The van der Waals surface area contributed by atoms with Gasteiger partial charge in [-0.1, -0.05) is 13.0 Å². The van der Waals surface area contributed by atoms with Gasteiger partial charge in [0, 0.05) is 37.0 Å². The van der Waals surface area contributed by atoms with Gasteiger partial charge in [0.05, 0.1) is 6.10 Å². The average Bonchev–Trinajstić information content (AvgIpc) is 3.39. The van der Waals surface area contributed by atoms with Gasteiger partial charge in [-0.25, -0.2) is 0 Å². The highest BCUT2D eigenvalue weighted by Gasteiger charge is 2.39. The third-order valence-corrected chi connectivity index (χ3v) is 7.78. The molecule has 1 aromatic rings. The molecule has 2 saturated carbocycles. The van der Waals surface area contributed by atoms with Crippen molar-refractivity contribution in [2.75, 3.05) is 7.11 Å². The fourth-order valence-electron chi connectivity index (χ4n) is 5.98. The Morgan fingerprint density at radius 3 is 2.61 bits per heavy atom. The molecule has 0 spiro atoms. The van der Waals surface area contributed by atoms with Crippen LogP contribution in [-0.2, 0) is 16.1 Å². The molecule has 1 aromatic carbocycles. The molecular formula is C26H35N3O4. The summed E-state index contributed by atoms with van der Waals surface area (Å²) in [6.45, 7) is 4.28. The summed E-state index contributed by atoms with van der Waals surface area (Å²) in [7, 11) is 1.81. The average molecular weight is 454 g/mol. The molecule has 5 rings (SSSR count). The van der Waals surface area contributed by atoms with Crippen molar-refractivity contribution >= 4 is 11.8 Å². The van der Waals surface area contributed by atoms with Gasteiger partial charge >= 0.3 is 0 Å². The van der Waals surface area contributed by atoms with Crippen molar-refractivity contribution in [2.45, 2.75) is 94.7 Å². The Hall–Kier alpha value is -2.38. The monoisotopic (exact) mass is 453 g/mol. The number of allylic oxidation sites excluding steroid dienone is 1. The molecule has 0 radical (unpaired) electrons. The van der Waals surface area contributed by atoms with Crippen LogP contribution in [0.1, 0.15) is 73.7 Å². The number of nitrogens with one attached hydrogen (secondary N) is 2. The molecule has 178 valence electrons. The summed E-state index contributed by atoms with van der Waals surface area (Å²) in [4.78, 5) is 27.1. The summed E-state index contributed by atoms with van der Waals surface area (Å²) < 4.78 is 12.2. The van der Waals surface area contributed by atoms with Crippen molar-refractivity contribution < 1.29 is 19.1 Å². The van der Waals surface area contributed by atoms with E-state index in [1.165, 1.54) is 19.3 Å². The molecule has 2 amide bonds. The van der Waals surface area contributed by atoms with E-state index in [2.05, 4.69) is 17.2 Å². The molecule has 0 bridgehead atoms. The van der Waals surface area contributed by atoms with Crippen molar-refractivity contribution in [1.82, 2.24) is 15.5 Å². The Labute approximate surface area is 195 Å². The first kappa shape index (κ1) is 22.4. The van der Waals surface area contributed by atoms with Crippen molar-refractivity contribution in [1.29, 1.82) is 0 Å².